The lowest BCUT2D eigenvalue weighted by molar-refractivity contribution is -0.0230. The highest BCUT2D eigenvalue weighted by molar-refractivity contribution is 5.94. The lowest BCUT2D eigenvalue weighted by Crippen LogP contribution is -2.42. The summed E-state index contributed by atoms with van der Waals surface area (Å²) in [5.74, 6) is -5.10. The minimum Gasteiger partial charge on any atom is -0.378 e. The normalized spacial score (nSPS) is 17.3. The maximum absolute atomic E-state index is 13.9. The van der Waals surface area contributed by atoms with E-state index in [1.54, 1.807) is 0 Å². The van der Waals surface area contributed by atoms with Gasteiger partial charge >= 0.3 is 0 Å². The first kappa shape index (κ1) is 18.3. The van der Waals surface area contributed by atoms with Gasteiger partial charge in [-0.2, -0.15) is 0 Å². The molecule has 0 radical (unpaired) electrons. The number of halogens is 3. The summed E-state index contributed by atoms with van der Waals surface area (Å²) in [5, 5.41) is 0. The van der Waals surface area contributed by atoms with Gasteiger partial charge < -0.3 is 14.5 Å². The van der Waals surface area contributed by atoms with Crippen LogP contribution in [0.5, 0.6) is 0 Å². The molecule has 1 atom stereocenters. The van der Waals surface area contributed by atoms with Gasteiger partial charge in [0.25, 0.3) is 5.91 Å². The first-order valence-corrected chi connectivity index (χ1v) is 8.20. The van der Waals surface area contributed by atoms with Crippen LogP contribution in [0, 0.1) is 17.5 Å². The van der Waals surface area contributed by atoms with Gasteiger partial charge in [0.2, 0.25) is 0 Å². The van der Waals surface area contributed by atoms with E-state index in [1.807, 2.05) is 43.3 Å². The number of amides is 1. The Morgan fingerprint density at radius 3 is 2.42 bits per heavy atom. The van der Waals surface area contributed by atoms with E-state index < -0.39 is 28.9 Å². The molecule has 1 heterocycles. The molecule has 0 aliphatic carbocycles. The molecule has 2 aromatic carbocycles. The Labute approximate surface area is 149 Å². The van der Waals surface area contributed by atoms with Crippen molar-refractivity contribution in [2.45, 2.75) is 6.10 Å². The molecule has 1 saturated heterocycles. The van der Waals surface area contributed by atoms with E-state index in [4.69, 9.17) is 4.74 Å². The van der Waals surface area contributed by atoms with Gasteiger partial charge in [-0.15, -0.1) is 0 Å². The molecule has 1 unspecified atom stereocenters. The number of nitrogens with zero attached hydrogens (tertiary/aromatic N) is 2. The number of carbonyl (C=O) groups is 1. The minimum absolute atomic E-state index is 0.207. The number of rotatable bonds is 3. The molecule has 0 saturated carbocycles. The summed E-state index contributed by atoms with van der Waals surface area (Å²) in [5.41, 5.74) is 1.44. The van der Waals surface area contributed by atoms with Gasteiger partial charge in [-0.05, 0) is 29.8 Å². The average molecular weight is 364 g/mol. The van der Waals surface area contributed by atoms with Crippen LogP contribution in [0.1, 0.15) is 22.0 Å². The number of morpholine rings is 1. The predicted molar refractivity (Wildman–Crippen MR) is 91.7 cm³/mol. The summed E-state index contributed by atoms with van der Waals surface area (Å²) in [6, 6.07) is 9.41. The largest absolute Gasteiger partial charge is 0.378 e. The molecule has 0 spiro atoms. The Hall–Kier alpha value is -2.54. The fraction of sp³-hybridized carbons (Fsp3) is 0.316. The van der Waals surface area contributed by atoms with Crippen molar-refractivity contribution in [3.8, 4) is 0 Å². The van der Waals surface area contributed by atoms with Gasteiger partial charge in [0, 0.05) is 26.3 Å². The molecule has 7 heteroatoms. The van der Waals surface area contributed by atoms with Crippen LogP contribution in [0.15, 0.2) is 36.4 Å². The van der Waals surface area contributed by atoms with E-state index in [2.05, 4.69) is 0 Å². The highest BCUT2D eigenvalue weighted by Crippen LogP contribution is 2.26. The first-order chi connectivity index (χ1) is 12.4. The molecule has 1 amide bonds. The van der Waals surface area contributed by atoms with Crippen molar-refractivity contribution in [3.63, 3.8) is 0 Å². The predicted octanol–water partition coefficient (Wildman–Crippen LogP) is 3.38. The molecular formula is C19H19F3N2O2. The van der Waals surface area contributed by atoms with E-state index >= 15 is 0 Å². The van der Waals surface area contributed by atoms with Crippen LogP contribution in [-0.4, -0.2) is 44.6 Å². The summed E-state index contributed by atoms with van der Waals surface area (Å²) in [7, 11) is 3.87. The van der Waals surface area contributed by atoms with Gasteiger partial charge in [-0.1, -0.05) is 12.1 Å². The lowest BCUT2D eigenvalue weighted by Gasteiger charge is -2.33. The van der Waals surface area contributed by atoms with Crippen molar-refractivity contribution in [3.05, 3.63) is 65.0 Å². The van der Waals surface area contributed by atoms with Crippen LogP contribution in [0.3, 0.4) is 0 Å². The van der Waals surface area contributed by atoms with Crippen molar-refractivity contribution in [1.82, 2.24) is 4.90 Å². The van der Waals surface area contributed by atoms with Crippen LogP contribution >= 0.6 is 0 Å². The second-order valence-corrected chi connectivity index (χ2v) is 6.32. The molecule has 0 N–H and O–H groups in total. The van der Waals surface area contributed by atoms with E-state index in [-0.39, 0.29) is 25.8 Å². The molecule has 2 aromatic rings. The minimum atomic E-state index is -1.64. The molecule has 1 aliphatic rings. The molecular weight excluding hydrogens is 345 g/mol. The molecule has 1 fully saturated rings. The van der Waals surface area contributed by atoms with E-state index in [9.17, 15) is 18.0 Å². The number of hydrogen-bond donors (Lipinski definition) is 0. The third-order valence-electron chi connectivity index (χ3n) is 4.40. The van der Waals surface area contributed by atoms with Crippen LogP contribution in [0.25, 0.3) is 0 Å². The van der Waals surface area contributed by atoms with Gasteiger partial charge in [0.05, 0.1) is 18.7 Å². The number of benzene rings is 2. The van der Waals surface area contributed by atoms with Gasteiger partial charge in [-0.25, -0.2) is 13.2 Å². The summed E-state index contributed by atoms with van der Waals surface area (Å²) in [6.45, 7) is 0.735. The maximum atomic E-state index is 13.9. The molecule has 0 bridgehead atoms. The highest BCUT2D eigenvalue weighted by Gasteiger charge is 2.29. The van der Waals surface area contributed by atoms with Gasteiger partial charge in [0.15, 0.2) is 17.5 Å². The monoisotopic (exact) mass is 364 g/mol. The molecule has 26 heavy (non-hydrogen) atoms. The number of hydrogen-bond acceptors (Lipinski definition) is 3. The van der Waals surface area contributed by atoms with Crippen molar-refractivity contribution < 1.29 is 22.7 Å². The van der Waals surface area contributed by atoms with Crippen LogP contribution < -0.4 is 4.90 Å². The quantitative estimate of drug-likeness (QED) is 0.783. The number of carbonyl (C=O) groups excluding carboxylic acids is 1. The summed E-state index contributed by atoms with van der Waals surface area (Å²) in [6.07, 6.45) is -0.364. The van der Waals surface area contributed by atoms with Crippen LogP contribution in [0.4, 0.5) is 18.9 Å². The number of ether oxygens (including phenoxy) is 1. The standard InChI is InChI=1S/C19H19F3N2O2/c1-23(2)13-5-3-12(4-6-13)16-11-24(9-10-26-16)19(25)14-7-8-15(20)18(22)17(14)21/h3-8,16H,9-11H2,1-2H3. The average Bonchev–Trinajstić information content (AvgIpc) is 2.66. The molecule has 138 valence electrons. The second kappa shape index (κ2) is 7.37. The Morgan fingerprint density at radius 2 is 1.77 bits per heavy atom. The lowest BCUT2D eigenvalue weighted by atomic mass is 10.1. The molecule has 3 rings (SSSR count). The Balaban J connectivity index is 1.78. The molecule has 0 aromatic heterocycles. The highest BCUT2D eigenvalue weighted by atomic mass is 19.2. The van der Waals surface area contributed by atoms with E-state index in [1.165, 1.54) is 4.90 Å². The van der Waals surface area contributed by atoms with Gasteiger partial charge in [0.1, 0.15) is 6.10 Å². The summed E-state index contributed by atoms with van der Waals surface area (Å²) < 4.78 is 46.1. The molecule has 4 nitrogen and oxygen atoms in total. The Morgan fingerprint density at radius 1 is 1.08 bits per heavy atom. The van der Waals surface area contributed by atoms with Crippen molar-refractivity contribution in [2.24, 2.45) is 0 Å². The van der Waals surface area contributed by atoms with Crippen LogP contribution in [-0.2, 0) is 4.74 Å². The van der Waals surface area contributed by atoms with Crippen molar-refractivity contribution in [1.29, 1.82) is 0 Å². The smallest absolute Gasteiger partial charge is 0.257 e. The fourth-order valence-electron chi connectivity index (χ4n) is 2.88. The van der Waals surface area contributed by atoms with Gasteiger partial charge in [-0.3, -0.25) is 4.79 Å². The third-order valence-corrected chi connectivity index (χ3v) is 4.40. The third kappa shape index (κ3) is 3.53. The molecule has 1 aliphatic heterocycles. The summed E-state index contributed by atoms with van der Waals surface area (Å²) in [4.78, 5) is 15.9. The maximum Gasteiger partial charge on any atom is 0.257 e. The zero-order valence-electron chi connectivity index (χ0n) is 14.5. The van der Waals surface area contributed by atoms with E-state index in [0.29, 0.717) is 0 Å². The van der Waals surface area contributed by atoms with Crippen molar-refractivity contribution >= 4 is 11.6 Å². The first-order valence-electron chi connectivity index (χ1n) is 8.20. The SMILES string of the molecule is CN(C)c1ccc(C2CN(C(=O)c3ccc(F)c(F)c3F)CCO2)cc1. The summed E-state index contributed by atoms with van der Waals surface area (Å²) >= 11 is 0. The zero-order chi connectivity index (χ0) is 18.8. The Kier molecular flexibility index (Phi) is 5.18. The Bertz CT molecular complexity index is 809. The number of anilines is 1. The van der Waals surface area contributed by atoms with Crippen LogP contribution in [0.2, 0.25) is 0 Å². The second-order valence-electron chi connectivity index (χ2n) is 6.32. The topological polar surface area (TPSA) is 32.8 Å². The van der Waals surface area contributed by atoms with E-state index in [0.717, 1.165) is 23.4 Å². The zero-order valence-corrected chi connectivity index (χ0v) is 14.5. The van der Waals surface area contributed by atoms with Crippen molar-refractivity contribution in [2.75, 3.05) is 38.7 Å². The fourth-order valence-corrected chi connectivity index (χ4v) is 2.88.